The van der Waals surface area contributed by atoms with E-state index in [1.165, 1.54) is 32.1 Å². The molecule has 0 radical (unpaired) electrons. The summed E-state index contributed by atoms with van der Waals surface area (Å²) in [5.41, 5.74) is 1.65. The van der Waals surface area contributed by atoms with Gasteiger partial charge in [-0.1, -0.05) is 30.9 Å². The summed E-state index contributed by atoms with van der Waals surface area (Å²) >= 11 is 6.68. The van der Waals surface area contributed by atoms with Gasteiger partial charge in [-0.05, 0) is 76.6 Å². The maximum absolute atomic E-state index is 13.3. The minimum Gasteiger partial charge on any atom is -0.351 e. The molecule has 218 valence electrons. The molecular formula is C31H40ClN7O2. The van der Waals surface area contributed by atoms with Crippen molar-refractivity contribution < 1.29 is 9.59 Å². The average molecular weight is 578 g/mol. The van der Waals surface area contributed by atoms with Crippen LogP contribution in [0, 0.1) is 5.41 Å². The van der Waals surface area contributed by atoms with Gasteiger partial charge in [0.25, 0.3) is 5.91 Å². The Labute approximate surface area is 247 Å². The van der Waals surface area contributed by atoms with E-state index in [0.29, 0.717) is 46.9 Å². The van der Waals surface area contributed by atoms with Gasteiger partial charge in [0.15, 0.2) is 5.82 Å². The number of amides is 2. The molecule has 5 aliphatic rings. The van der Waals surface area contributed by atoms with Crippen molar-refractivity contribution in [3.63, 3.8) is 0 Å². The largest absolute Gasteiger partial charge is 0.351 e. The fourth-order valence-electron chi connectivity index (χ4n) is 7.73. The molecular weight excluding hydrogens is 538 g/mol. The SMILES string of the molecule is CN1C(=O)C2(CC2)CN(C2CCCC2)c2nc(Nc3ccc(C(=O)NC4CC5CCCC(C4)N5C)cc3Cl)ncc21. The fraction of sp³-hybridized carbons (Fsp3) is 0.613. The number of carbonyl (C=O) groups excluding carboxylic acids is 2. The second kappa shape index (κ2) is 10.4. The van der Waals surface area contributed by atoms with Gasteiger partial charge in [0.2, 0.25) is 11.9 Å². The smallest absolute Gasteiger partial charge is 0.251 e. The highest BCUT2D eigenvalue weighted by Crippen LogP contribution is 2.52. The standard InChI is InChI=1S/C31H40ClN7O2/c1-37-22-8-5-9-23(37)16-20(15-22)34-28(40)19-10-11-25(24(32)14-19)35-30-33-17-26-27(36-30)39(21-6-3-4-7-21)18-31(12-13-31)29(41)38(26)2/h10-11,14,17,20-23H,3-9,12-13,15-16,18H2,1-2H3,(H,34,40)(H,33,35,36). The Kier molecular flexibility index (Phi) is 6.85. The van der Waals surface area contributed by atoms with Crippen LogP contribution >= 0.6 is 11.6 Å². The summed E-state index contributed by atoms with van der Waals surface area (Å²) < 4.78 is 0. The van der Waals surface area contributed by atoms with Crippen molar-refractivity contribution in [2.75, 3.05) is 35.8 Å². The fourth-order valence-corrected chi connectivity index (χ4v) is 7.96. The molecule has 10 heteroatoms. The molecule has 4 fully saturated rings. The van der Waals surface area contributed by atoms with Crippen LogP contribution in [0.2, 0.25) is 5.02 Å². The van der Waals surface area contributed by atoms with Gasteiger partial charge < -0.3 is 25.3 Å². The summed E-state index contributed by atoms with van der Waals surface area (Å²) in [6, 6.07) is 7.03. The second-order valence-corrected chi connectivity index (χ2v) is 13.4. The molecule has 2 aliphatic carbocycles. The number of anilines is 4. The molecule has 4 heterocycles. The van der Waals surface area contributed by atoms with E-state index in [-0.39, 0.29) is 23.3 Å². The third-order valence-electron chi connectivity index (χ3n) is 10.4. The first kappa shape index (κ1) is 27.0. The molecule has 1 aromatic carbocycles. The number of nitrogens with zero attached hydrogens (tertiary/aromatic N) is 5. The van der Waals surface area contributed by atoms with Gasteiger partial charge in [0.1, 0.15) is 5.69 Å². The average Bonchev–Trinajstić information content (AvgIpc) is 3.56. The highest BCUT2D eigenvalue weighted by Gasteiger charge is 2.55. The molecule has 2 amide bonds. The van der Waals surface area contributed by atoms with Crippen LogP contribution in [0.25, 0.3) is 0 Å². The predicted octanol–water partition coefficient (Wildman–Crippen LogP) is 5.12. The van der Waals surface area contributed by atoms with E-state index in [0.717, 1.165) is 50.0 Å². The van der Waals surface area contributed by atoms with E-state index in [4.69, 9.17) is 16.6 Å². The van der Waals surface area contributed by atoms with E-state index >= 15 is 0 Å². The number of hydrogen-bond donors (Lipinski definition) is 2. The third-order valence-corrected chi connectivity index (χ3v) is 10.7. The molecule has 9 nitrogen and oxygen atoms in total. The second-order valence-electron chi connectivity index (χ2n) is 13.0. The molecule has 2 atom stereocenters. The van der Waals surface area contributed by atoms with Crippen LogP contribution in [0.1, 0.15) is 81.0 Å². The van der Waals surface area contributed by atoms with Gasteiger partial charge in [-0.25, -0.2) is 4.98 Å². The highest BCUT2D eigenvalue weighted by molar-refractivity contribution is 6.33. The highest BCUT2D eigenvalue weighted by atomic mass is 35.5. The number of piperidine rings is 2. The van der Waals surface area contributed by atoms with E-state index in [1.807, 2.05) is 13.1 Å². The Morgan fingerprint density at radius 2 is 1.73 bits per heavy atom. The van der Waals surface area contributed by atoms with Crippen molar-refractivity contribution in [1.29, 1.82) is 0 Å². The lowest BCUT2D eigenvalue weighted by Gasteiger charge is -2.47. The van der Waals surface area contributed by atoms with Crippen molar-refractivity contribution in [1.82, 2.24) is 20.2 Å². The summed E-state index contributed by atoms with van der Waals surface area (Å²) in [4.78, 5) is 42.6. The Balaban J connectivity index is 1.09. The van der Waals surface area contributed by atoms with E-state index < -0.39 is 0 Å². The lowest BCUT2D eigenvalue weighted by atomic mass is 9.82. The van der Waals surface area contributed by atoms with Gasteiger partial charge in [0, 0.05) is 43.3 Å². The number of benzene rings is 1. The number of nitrogens with one attached hydrogen (secondary N) is 2. The number of halogens is 1. The van der Waals surface area contributed by atoms with Crippen molar-refractivity contribution in [3.05, 3.63) is 35.0 Å². The van der Waals surface area contributed by atoms with Gasteiger partial charge in [-0.2, -0.15) is 4.98 Å². The molecule has 41 heavy (non-hydrogen) atoms. The number of aromatic nitrogens is 2. The topological polar surface area (TPSA) is 93.7 Å². The molecule has 2 N–H and O–H groups in total. The quantitative estimate of drug-likeness (QED) is 0.509. The van der Waals surface area contributed by atoms with Crippen LogP contribution in [0.5, 0.6) is 0 Å². The van der Waals surface area contributed by atoms with Crippen LogP contribution in [-0.4, -0.2) is 71.5 Å². The summed E-state index contributed by atoms with van der Waals surface area (Å²) in [6.45, 7) is 0.716. The van der Waals surface area contributed by atoms with Crippen molar-refractivity contribution in [3.8, 4) is 0 Å². The van der Waals surface area contributed by atoms with Crippen LogP contribution in [0.4, 0.5) is 23.1 Å². The van der Waals surface area contributed by atoms with Crippen LogP contribution < -0.4 is 20.4 Å². The Bertz CT molecular complexity index is 1340. The lowest BCUT2D eigenvalue weighted by Crippen LogP contribution is -2.55. The maximum Gasteiger partial charge on any atom is 0.251 e. The number of rotatable bonds is 5. The third kappa shape index (κ3) is 4.95. The molecule has 1 spiro atoms. The summed E-state index contributed by atoms with van der Waals surface area (Å²) in [5, 5.41) is 6.98. The van der Waals surface area contributed by atoms with Gasteiger partial charge in [0.05, 0.1) is 22.3 Å². The van der Waals surface area contributed by atoms with Crippen LogP contribution in [0.3, 0.4) is 0 Å². The molecule has 7 rings (SSSR count). The van der Waals surface area contributed by atoms with Crippen molar-refractivity contribution in [2.45, 2.75) is 94.8 Å². The molecule has 2 bridgehead atoms. The Hall–Kier alpha value is -2.91. The van der Waals surface area contributed by atoms with Gasteiger partial charge >= 0.3 is 0 Å². The monoisotopic (exact) mass is 577 g/mol. The number of carbonyl (C=O) groups is 2. The first-order valence-electron chi connectivity index (χ1n) is 15.3. The summed E-state index contributed by atoms with van der Waals surface area (Å²) in [6.07, 6.45) is 14.0. The van der Waals surface area contributed by atoms with Crippen molar-refractivity contribution in [2.24, 2.45) is 5.41 Å². The minimum absolute atomic E-state index is 0.0822. The van der Waals surface area contributed by atoms with Gasteiger partial charge in [-0.15, -0.1) is 0 Å². The summed E-state index contributed by atoms with van der Waals surface area (Å²) in [7, 11) is 4.06. The predicted molar refractivity (Wildman–Crippen MR) is 161 cm³/mol. The first-order valence-corrected chi connectivity index (χ1v) is 15.7. The Morgan fingerprint density at radius 3 is 2.41 bits per heavy atom. The molecule has 3 aliphatic heterocycles. The Morgan fingerprint density at radius 1 is 1.02 bits per heavy atom. The molecule has 2 unspecified atom stereocenters. The minimum atomic E-state index is -0.294. The molecule has 2 saturated carbocycles. The number of fused-ring (bicyclic) bond motifs is 3. The zero-order valence-electron chi connectivity index (χ0n) is 24.0. The van der Waals surface area contributed by atoms with E-state index in [1.54, 1.807) is 23.2 Å². The molecule has 2 aromatic rings. The number of hydrogen-bond acceptors (Lipinski definition) is 7. The maximum atomic E-state index is 13.3. The molecule has 1 aromatic heterocycles. The van der Waals surface area contributed by atoms with Crippen molar-refractivity contribution >= 4 is 46.6 Å². The lowest BCUT2D eigenvalue weighted by molar-refractivity contribution is -0.122. The first-order chi connectivity index (χ1) is 19.8. The van der Waals surface area contributed by atoms with Crippen LogP contribution in [-0.2, 0) is 4.79 Å². The zero-order valence-corrected chi connectivity index (χ0v) is 24.8. The van der Waals surface area contributed by atoms with Crippen LogP contribution in [0.15, 0.2) is 24.4 Å². The normalized spacial score (nSPS) is 27.5. The van der Waals surface area contributed by atoms with E-state index in [2.05, 4.69) is 32.5 Å². The summed E-state index contributed by atoms with van der Waals surface area (Å²) in [5.74, 6) is 1.32. The van der Waals surface area contributed by atoms with Gasteiger partial charge in [-0.3, -0.25) is 9.59 Å². The zero-order chi connectivity index (χ0) is 28.3. The molecule has 2 saturated heterocycles. The van der Waals surface area contributed by atoms with E-state index in [9.17, 15) is 9.59 Å².